The molecule has 5 amide bonds. The van der Waals surface area contributed by atoms with Crippen LogP contribution in [0.3, 0.4) is 0 Å². The molecule has 3 unspecified atom stereocenters. The molecule has 0 spiro atoms. The topological polar surface area (TPSA) is 147 Å². The third kappa shape index (κ3) is 7.28. The first kappa shape index (κ1) is 38.1. The molecule has 5 aliphatic heterocycles. The van der Waals surface area contributed by atoms with Crippen molar-refractivity contribution in [3.05, 3.63) is 87.9 Å². The van der Waals surface area contributed by atoms with Gasteiger partial charge in [0.25, 0.3) is 17.7 Å². The molecule has 9 rings (SSSR count). The number of nitrogens with one attached hydrogen (secondary N) is 1. The number of fused-ring (bicyclic) bond motifs is 3. The van der Waals surface area contributed by atoms with E-state index in [1.807, 2.05) is 23.1 Å². The molecule has 300 valence electrons. The van der Waals surface area contributed by atoms with Crippen LogP contribution in [0.25, 0.3) is 0 Å². The van der Waals surface area contributed by atoms with E-state index >= 15 is 0 Å². The van der Waals surface area contributed by atoms with Crippen molar-refractivity contribution >= 4 is 52.5 Å². The lowest BCUT2D eigenvalue weighted by atomic mass is 9.94. The molecular formula is C44H46ClN7O6. The molecule has 1 N–H and O–H groups in total. The number of imide groups is 2. The SMILES string of the molecule is N#Cc1ccc(OC2C3CCC2CN(C(=O)c2ccc(N4CCN(CC5CCN(c6ccc7c(c6)C(=O)N(C6CCC(=O)NC6=O)C7=O)CC5)CC4)cc2)C3)cc1Cl. The number of hydrogen-bond donors (Lipinski definition) is 1. The lowest BCUT2D eigenvalue weighted by molar-refractivity contribution is -0.136. The summed E-state index contributed by atoms with van der Waals surface area (Å²) >= 11 is 6.24. The second-order valence-corrected chi connectivity index (χ2v) is 17.0. The molecule has 4 saturated heterocycles. The number of piperidine rings is 3. The molecular weight excluding hydrogens is 758 g/mol. The standard InChI is InChI=1S/C44H46ClN7O6/c45-37-22-34(9-5-29(37)23-46)58-40-30-1-2-31(40)26-51(25-30)42(55)28-3-6-32(7-4-28)50-19-17-48(18-20-50)24-27-13-15-49(16-14-27)33-8-10-35-36(21-33)44(57)52(43(35)56)38-11-12-39(53)47-41(38)54/h3-10,21-22,27,30-31,38,40H,1-2,11-20,24-26H2,(H,47,53,54). The highest BCUT2D eigenvalue weighted by molar-refractivity contribution is 6.31. The number of amides is 5. The van der Waals surface area contributed by atoms with Crippen molar-refractivity contribution < 1.29 is 28.7 Å². The number of carbonyl (C=O) groups is 5. The number of nitrogens with zero attached hydrogens (tertiary/aromatic N) is 6. The summed E-state index contributed by atoms with van der Waals surface area (Å²) in [4.78, 5) is 74.4. The van der Waals surface area contributed by atoms with Crippen LogP contribution in [0.2, 0.25) is 5.02 Å². The van der Waals surface area contributed by atoms with E-state index in [1.54, 1.807) is 30.3 Å². The first-order valence-electron chi connectivity index (χ1n) is 20.5. The summed E-state index contributed by atoms with van der Waals surface area (Å²) < 4.78 is 6.37. The van der Waals surface area contributed by atoms with Crippen LogP contribution in [-0.2, 0) is 9.59 Å². The van der Waals surface area contributed by atoms with Gasteiger partial charge in [0.05, 0.1) is 21.7 Å². The summed E-state index contributed by atoms with van der Waals surface area (Å²) in [7, 11) is 0. The molecule has 5 fully saturated rings. The maximum absolute atomic E-state index is 13.6. The van der Waals surface area contributed by atoms with Crippen molar-refractivity contribution in [2.75, 3.05) is 68.7 Å². The van der Waals surface area contributed by atoms with Crippen molar-refractivity contribution in [3.63, 3.8) is 0 Å². The Hall–Kier alpha value is -5.45. The second-order valence-electron chi connectivity index (χ2n) is 16.6. The zero-order valence-corrected chi connectivity index (χ0v) is 33.0. The zero-order chi connectivity index (χ0) is 40.1. The largest absolute Gasteiger partial charge is 0.490 e. The van der Waals surface area contributed by atoms with Gasteiger partial charge in [-0.15, -0.1) is 0 Å². The molecule has 1 aliphatic carbocycles. The van der Waals surface area contributed by atoms with E-state index in [2.05, 4.69) is 38.2 Å². The van der Waals surface area contributed by atoms with Crippen molar-refractivity contribution in [2.45, 2.75) is 50.7 Å². The molecule has 2 bridgehead atoms. The minimum absolute atomic E-state index is 0.0300. The van der Waals surface area contributed by atoms with Crippen LogP contribution in [0.15, 0.2) is 60.7 Å². The van der Waals surface area contributed by atoms with Gasteiger partial charge in [0.1, 0.15) is 24.0 Å². The fraction of sp³-hybridized carbons (Fsp3) is 0.455. The molecule has 58 heavy (non-hydrogen) atoms. The second kappa shape index (κ2) is 15.7. The van der Waals surface area contributed by atoms with E-state index in [4.69, 9.17) is 16.3 Å². The Labute approximate surface area is 342 Å². The number of halogens is 1. The Kier molecular flexibility index (Phi) is 10.3. The van der Waals surface area contributed by atoms with Crippen LogP contribution >= 0.6 is 11.6 Å². The average Bonchev–Trinajstić information content (AvgIpc) is 3.61. The summed E-state index contributed by atoms with van der Waals surface area (Å²) in [5.74, 6) is -0.146. The normalized spacial score (nSPS) is 25.2. The summed E-state index contributed by atoms with van der Waals surface area (Å²) in [6.45, 7) is 7.87. The van der Waals surface area contributed by atoms with Gasteiger partial charge in [-0.2, -0.15) is 5.26 Å². The Morgan fingerprint density at radius 3 is 2.12 bits per heavy atom. The number of benzene rings is 3. The summed E-state index contributed by atoms with van der Waals surface area (Å²) in [5, 5.41) is 11.8. The number of likely N-dealkylation sites (tertiary alicyclic amines) is 1. The summed E-state index contributed by atoms with van der Waals surface area (Å²) in [6.07, 6.45) is 4.36. The highest BCUT2D eigenvalue weighted by Gasteiger charge is 2.46. The fourth-order valence-corrected chi connectivity index (χ4v) is 10.1. The molecule has 5 heterocycles. The number of nitriles is 1. The quantitative estimate of drug-likeness (QED) is 0.321. The molecule has 0 radical (unpaired) electrons. The van der Waals surface area contributed by atoms with Gasteiger partial charge < -0.3 is 19.4 Å². The molecule has 3 atom stereocenters. The fourth-order valence-electron chi connectivity index (χ4n) is 9.93. The minimum atomic E-state index is -0.969. The van der Waals surface area contributed by atoms with Crippen molar-refractivity contribution in [1.29, 1.82) is 5.26 Å². The first-order chi connectivity index (χ1) is 28.1. The third-order valence-corrected chi connectivity index (χ3v) is 13.5. The van der Waals surface area contributed by atoms with Crippen molar-refractivity contribution in [2.24, 2.45) is 17.8 Å². The zero-order valence-electron chi connectivity index (χ0n) is 32.3. The third-order valence-electron chi connectivity index (χ3n) is 13.1. The molecule has 1 saturated carbocycles. The van der Waals surface area contributed by atoms with Crippen molar-refractivity contribution in [3.8, 4) is 11.8 Å². The van der Waals surface area contributed by atoms with E-state index < -0.39 is 23.8 Å². The Balaban J connectivity index is 0.726. The van der Waals surface area contributed by atoms with Gasteiger partial charge >= 0.3 is 0 Å². The Bertz CT molecular complexity index is 2180. The highest BCUT2D eigenvalue weighted by Crippen LogP contribution is 2.41. The predicted molar refractivity (Wildman–Crippen MR) is 216 cm³/mol. The number of anilines is 2. The van der Waals surface area contributed by atoms with Gasteiger partial charge in [0.2, 0.25) is 11.8 Å². The summed E-state index contributed by atoms with van der Waals surface area (Å²) in [6, 6.07) is 19.7. The molecule has 3 aromatic rings. The minimum Gasteiger partial charge on any atom is -0.490 e. The molecule has 0 aromatic heterocycles. The molecule has 13 nitrogen and oxygen atoms in total. The average molecular weight is 804 g/mol. The maximum Gasteiger partial charge on any atom is 0.262 e. The van der Waals surface area contributed by atoms with Crippen LogP contribution in [0.5, 0.6) is 5.75 Å². The predicted octanol–water partition coefficient (Wildman–Crippen LogP) is 4.58. The van der Waals surface area contributed by atoms with E-state index in [1.165, 1.54) is 0 Å². The lowest BCUT2D eigenvalue weighted by Gasteiger charge is -2.40. The van der Waals surface area contributed by atoms with Gasteiger partial charge in [-0.05, 0) is 92.6 Å². The van der Waals surface area contributed by atoms with E-state index in [0.29, 0.717) is 52.0 Å². The van der Waals surface area contributed by atoms with Crippen LogP contribution in [0.1, 0.15) is 75.2 Å². The molecule has 3 aromatic carbocycles. The van der Waals surface area contributed by atoms with Crippen LogP contribution < -0.4 is 19.9 Å². The van der Waals surface area contributed by atoms with E-state index in [0.717, 1.165) is 87.8 Å². The first-order valence-corrected chi connectivity index (χ1v) is 20.8. The maximum atomic E-state index is 13.6. The molecule has 14 heteroatoms. The van der Waals surface area contributed by atoms with Crippen LogP contribution in [0.4, 0.5) is 11.4 Å². The van der Waals surface area contributed by atoms with E-state index in [9.17, 15) is 29.2 Å². The van der Waals surface area contributed by atoms with Crippen LogP contribution in [0, 0.1) is 29.1 Å². The van der Waals surface area contributed by atoms with Gasteiger partial charge in [-0.3, -0.25) is 39.1 Å². The van der Waals surface area contributed by atoms with Crippen molar-refractivity contribution in [1.82, 2.24) is 20.0 Å². The van der Waals surface area contributed by atoms with E-state index in [-0.39, 0.29) is 42.6 Å². The number of hydrogen-bond acceptors (Lipinski definition) is 10. The number of piperazine rings is 1. The monoisotopic (exact) mass is 803 g/mol. The Morgan fingerprint density at radius 2 is 1.45 bits per heavy atom. The highest BCUT2D eigenvalue weighted by atomic mass is 35.5. The van der Waals surface area contributed by atoms with Gasteiger partial charge in [-0.1, -0.05) is 11.6 Å². The smallest absolute Gasteiger partial charge is 0.262 e. The van der Waals surface area contributed by atoms with Gasteiger partial charge in [-0.25, -0.2) is 0 Å². The Morgan fingerprint density at radius 1 is 0.776 bits per heavy atom. The van der Waals surface area contributed by atoms with Gasteiger partial charge in [0, 0.05) is 100 Å². The number of ether oxygens (including phenoxy) is 1. The van der Waals surface area contributed by atoms with Crippen LogP contribution in [-0.4, -0.2) is 115 Å². The summed E-state index contributed by atoms with van der Waals surface area (Å²) in [5.41, 5.74) is 3.79. The number of carbonyl (C=O) groups excluding carboxylic acids is 5. The van der Waals surface area contributed by atoms with Gasteiger partial charge in [0.15, 0.2) is 0 Å². The lowest BCUT2D eigenvalue weighted by Crippen LogP contribution is -2.54. The molecule has 6 aliphatic rings. The number of rotatable bonds is 8.